The molecule has 0 aromatic carbocycles. The lowest BCUT2D eigenvalue weighted by Crippen LogP contribution is -2.45. The molecule has 5 N–H and O–H groups in total. The van der Waals surface area contributed by atoms with Crippen molar-refractivity contribution >= 4 is 17.6 Å². The molecule has 0 radical (unpaired) electrons. The highest BCUT2D eigenvalue weighted by Crippen LogP contribution is 2.05. The average Bonchev–Trinajstić information content (AvgIpc) is 2.75. The quantitative estimate of drug-likeness (QED) is 0.479. The molecule has 0 spiro atoms. The highest BCUT2D eigenvalue weighted by Gasteiger charge is 2.18. The number of nitrogens with two attached hydrogens (primary N) is 1. The maximum Gasteiger partial charge on any atom is 0.257 e. The molecule has 1 rings (SSSR count). The second kappa shape index (κ2) is 6.60. The van der Waals surface area contributed by atoms with Crippen molar-refractivity contribution < 1.29 is 14.3 Å². The zero-order valence-corrected chi connectivity index (χ0v) is 10.3. The van der Waals surface area contributed by atoms with Crippen molar-refractivity contribution in [2.75, 3.05) is 26.0 Å². The summed E-state index contributed by atoms with van der Waals surface area (Å²) in [6.45, 7) is 2.39. The number of nitrogen functional groups attached to an aromatic ring is 1. The van der Waals surface area contributed by atoms with Crippen molar-refractivity contribution in [3.05, 3.63) is 11.8 Å². The molecule has 1 unspecified atom stereocenters. The van der Waals surface area contributed by atoms with E-state index in [0.29, 0.717) is 13.2 Å². The molecule has 0 bridgehead atoms. The highest BCUT2D eigenvalue weighted by atomic mass is 16.5. The van der Waals surface area contributed by atoms with Gasteiger partial charge in [-0.1, -0.05) is 0 Å². The van der Waals surface area contributed by atoms with E-state index < -0.39 is 11.9 Å². The van der Waals surface area contributed by atoms with E-state index >= 15 is 0 Å². The van der Waals surface area contributed by atoms with Crippen molar-refractivity contribution in [2.24, 2.45) is 0 Å². The van der Waals surface area contributed by atoms with Gasteiger partial charge in [-0.15, -0.1) is 0 Å². The van der Waals surface area contributed by atoms with Crippen LogP contribution in [0, 0.1) is 0 Å². The zero-order valence-electron chi connectivity index (χ0n) is 10.3. The number of hydrogen-bond acceptors (Lipinski definition) is 5. The van der Waals surface area contributed by atoms with Crippen molar-refractivity contribution in [2.45, 2.75) is 13.0 Å². The molecule has 1 aromatic rings. The molecule has 1 atom stereocenters. The van der Waals surface area contributed by atoms with E-state index in [0.717, 1.165) is 0 Å². The number of nitrogens with one attached hydrogen (secondary N) is 3. The van der Waals surface area contributed by atoms with Crippen molar-refractivity contribution in [1.29, 1.82) is 0 Å². The molecule has 0 aliphatic heterocycles. The van der Waals surface area contributed by atoms with Crippen LogP contribution in [0.15, 0.2) is 6.20 Å². The number of hydrogen-bond donors (Lipinski definition) is 4. The van der Waals surface area contributed by atoms with Crippen LogP contribution in [-0.4, -0.2) is 48.3 Å². The van der Waals surface area contributed by atoms with Crippen molar-refractivity contribution in [3.8, 4) is 0 Å². The van der Waals surface area contributed by atoms with Gasteiger partial charge in [-0.2, -0.15) is 5.10 Å². The standard InChI is InChI=1S/C10H17N5O3/c1-6(9(16)12-3-4-18-2)14-10(17)7-5-13-15-8(7)11/h5-6H,3-4H2,1-2H3,(H,12,16)(H,14,17)(H3,11,13,15). The van der Waals surface area contributed by atoms with Gasteiger partial charge in [-0.25, -0.2) is 0 Å². The van der Waals surface area contributed by atoms with Crippen LogP contribution in [0.2, 0.25) is 0 Å². The summed E-state index contributed by atoms with van der Waals surface area (Å²) < 4.78 is 4.80. The molecule has 0 aliphatic carbocycles. The van der Waals surface area contributed by atoms with Crippen LogP contribution in [0.4, 0.5) is 5.82 Å². The highest BCUT2D eigenvalue weighted by molar-refractivity contribution is 6.00. The summed E-state index contributed by atoms with van der Waals surface area (Å²) in [6.07, 6.45) is 1.31. The van der Waals surface area contributed by atoms with E-state index in [-0.39, 0.29) is 17.3 Å². The van der Waals surface area contributed by atoms with Gasteiger partial charge in [-0.3, -0.25) is 14.7 Å². The molecule has 1 heterocycles. The fraction of sp³-hybridized carbons (Fsp3) is 0.500. The lowest BCUT2D eigenvalue weighted by Gasteiger charge is -2.13. The fourth-order valence-corrected chi connectivity index (χ4v) is 1.25. The normalized spacial score (nSPS) is 11.9. The summed E-state index contributed by atoms with van der Waals surface area (Å²) in [7, 11) is 1.54. The minimum atomic E-state index is -0.663. The number of methoxy groups -OCH3 is 1. The molecule has 0 saturated heterocycles. The number of carbonyl (C=O) groups excluding carboxylic acids is 2. The van der Waals surface area contributed by atoms with Crippen LogP contribution < -0.4 is 16.4 Å². The van der Waals surface area contributed by atoms with Crippen LogP contribution in [0.3, 0.4) is 0 Å². The summed E-state index contributed by atoms with van der Waals surface area (Å²) >= 11 is 0. The largest absolute Gasteiger partial charge is 0.383 e. The van der Waals surface area contributed by atoms with E-state index in [1.165, 1.54) is 6.20 Å². The fourth-order valence-electron chi connectivity index (χ4n) is 1.25. The van der Waals surface area contributed by atoms with Crippen LogP contribution in [-0.2, 0) is 9.53 Å². The first kappa shape index (κ1) is 14.0. The minimum Gasteiger partial charge on any atom is -0.383 e. The first-order valence-corrected chi connectivity index (χ1v) is 5.42. The predicted octanol–water partition coefficient (Wildman–Crippen LogP) is -1.13. The van der Waals surface area contributed by atoms with Gasteiger partial charge in [0.15, 0.2) is 0 Å². The minimum absolute atomic E-state index is 0.166. The molecule has 0 fully saturated rings. The molecular weight excluding hydrogens is 238 g/mol. The summed E-state index contributed by atoms with van der Waals surface area (Å²) in [6, 6.07) is -0.663. The van der Waals surface area contributed by atoms with Gasteiger partial charge < -0.3 is 21.1 Å². The first-order valence-electron chi connectivity index (χ1n) is 5.42. The molecule has 8 heteroatoms. The number of nitrogens with zero attached hydrogens (tertiary/aromatic N) is 1. The second-order valence-electron chi connectivity index (χ2n) is 3.68. The summed E-state index contributed by atoms with van der Waals surface area (Å²) in [5.74, 6) is -0.572. The van der Waals surface area contributed by atoms with Gasteiger partial charge in [0.1, 0.15) is 17.4 Å². The smallest absolute Gasteiger partial charge is 0.257 e. The molecule has 1 aromatic heterocycles. The summed E-state index contributed by atoms with van der Waals surface area (Å²) in [5.41, 5.74) is 5.71. The van der Waals surface area contributed by atoms with E-state index in [4.69, 9.17) is 10.5 Å². The first-order chi connectivity index (χ1) is 8.56. The maximum atomic E-state index is 11.7. The predicted molar refractivity (Wildman–Crippen MR) is 64.8 cm³/mol. The van der Waals surface area contributed by atoms with E-state index in [1.807, 2.05) is 0 Å². The Balaban J connectivity index is 2.44. The Morgan fingerprint density at radius 1 is 1.61 bits per heavy atom. The van der Waals surface area contributed by atoms with Gasteiger partial charge in [0, 0.05) is 13.7 Å². The molecule has 0 aliphatic rings. The Bertz CT molecular complexity index is 417. The molecule has 0 saturated carbocycles. The van der Waals surface area contributed by atoms with Crippen molar-refractivity contribution in [3.63, 3.8) is 0 Å². The number of ether oxygens (including phenoxy) is 1. The molecule has 18 heavy (non-hydrogen) atoms. The molecule has 2 amide bonds. The Morgan fingerprint density at radius 2 is 2.33 bits per heavy atom. The molecular formula is C10H17N5O3. The number of anilines is 1. The molecule has 100 valence electrons. The van der Waals surface area contributed by atoms with Gasteiger partial charge in [0.25, 0.3) is 5.91 Å². The van der Waals surface area contributed by atoms with Gasteiger partial charge in [-0.05, 0) is 6.92 Å². The van der Waals surface area contributed by atoms with Crippen LogP contribution in [0.25, 0.3) is 0 Å². The lowest BCUT2D eigenvalue weighted by atomic mass is 10.2. The van der Waals surface area contributed by atoms with Gasteiger partial charge in [0.2, 0.25) is 5.91 Å². The van der Waals surface area contributed by atoms with Crippen LogP contribution in [0.1, 0.15) is 17.3 Å². The summed E-state index contributed by atoms with van der Waals surface area (Å²) in [5, 5.41) is 11.2. The summed E-state index contributed by atoms with van der Waals surface area (Å²) in [4.78, 5) is 23.3. The lowest BCUT2D eigenvalue weighted by molar-refractivity contribution is -0.122. The maximum absolute atomic E-state index is 11.7. The number of aromatic nitrogens is 2. The number of rotatable bonds is 6. The van der Waals surface area contributed by atoms with Gasteiger partial charge in [0.05, 0.1) is 12.8 Å². The van der Waals surface area contributed by atoms with E-state index in [2.05, 4.69) is 20.8 Å². The van der Waals surface area contributed by atoms with Gasteiger partial charge >= 0.3 is 0 Å². The average molecular weight is 255 g/mol. The Morgan fingerprint density at radius 3 is 2.89 bits per heavy atom. The monoisotopic (exact) mass is 255 g/mol. The number of carbonyl (C=O) groups is 2. The Hall–Kier alpha value is -2.09. The number of amides is 2. The zero-order chi connectivity index (χ0) is 13.5. The Kier molecular flexibility index (Phi) is 5.12. The third-order valence-electron chi connectivity index (χ3n) is 2.26. The molecule has 8 nitrogen and oxygen atoms in total. The van der Waals surface area contributed by atoms with Crippen molar-refractivity contribution in [1.82, 2.24) is 20.8 Å². The topological polar surface area (TPSA) is 122 Å². The SMILES string of the molecule is COCCNC(=O)C(C)NC(=O)c1cn[nH]c1N. The number of aromatic amines is 1. The van der Waals surface area contributed by atoms with Crippen LogP contribution >= 0.6 is 0 Å². The Labute approximate surface area is 104 Å². The van der Waals surface area contributed by atoms with E-state index in [9.17, 15) is 9.59 Å². The second-order valence-corrected chi connectivity index (χ2v) is 3.68. The third-order valence-corrected chi connectivity index (χ3v) is 2.26. The van der Waals surface area contributed by atoms with E-state index in [1.54, 1.807) is 14.0 Å². The third kappa shape index (κ3) is 3.74. The number of H-pyrrole nitrogens is 1. The van der Waals surface area contributed by atoms with Crippen LogP contribution in [0.5, 0.6) is 0 Å².